The fourth-order valence-electron chi connectivity index (χ4n) is 2.61. The van der Waals surface area contributed by atoms with Crippen LogP contribution in [0.15, 0.2) is 16.6 Å². The second-order valence-electron chi connectivity index (χ2n) is 5.35. The fraction of sp³-hybridized carbons (Fsp3) is 0.500. The Balaban J connectivity index is 2.21. The molecule has 1 aromatic rings. The van der Waals surface area contributed by atoms with Crippen LogP contribution in [0.4, 0.5) is 0 Å². The second kappa shape index (κ2) is 7.68. The normalized spacial score (nSPS) is 15.1. The van der Waals surface area contributed by atoms with Crippen molar-refractivity contribution in [3.8, 4) is 11.5 Å². The SMILES string of the molecule is COc1cc(C(=O)N2CCCN(C(C)=O)CC2)cc(OC)c1Br. The molecule has 1 aromatic carbocycles. The molecule has 1 heterocycles. The first-order valence-electron chi connectivity index (χ1n) is 7.44. The summed E-state index contributed by atoms with van der Waals surface area (Å²) in [4.78, 5) is 27.8. The summed E-state index contributed by atoms with van der Waals surface area (Å²) in [5, 5.41) is 0. The molecule has 23 heavy (non-hydrogen) atoms. The average Bonchev–Trinajstić information content (AvgIpc) is 2.80. The lowest BCUT2D eigenvalue weighted by Gasteiger charge is -2.22. The van der Waals surface area contributed by atoms with Crippen LogP contribution >= 0.6 is 15.9 Å². The van der Waals surface area contributed by atoms with Gasteiger partial charge in [0.25, 0.3) is 5.91 Å². The molecule has 0 atom stereocenters. The van der Waals surface area contributed by atoms with Gasteiger partial charge < -0.3 is 19.3 Å². The smallest absolute Gasteiger partial charge is 0.254 e. The average molecular weight is 385 g/mol. The van der Waals surface area contributed by atoms with E-state index in [1.165, 1.54) is 0 Å². The molecular formula is C16H21BrN2O4. The zero-order valence-electron chi connectivity index (χ0n) is 13.6. The van der Waals surface area contributed by atoms with Crippen molar-refractivity contribution < 1.29 is 19.1 Å². The van der Waals surface area contributed by atoms with Crippen LogP contribution in [0.1, 0.15) is 23.7 Å². The summed E-state index contributed by atoms with van der Waals surface area (Å²) in [6, 6.07) is 3.39. The first-order chi connectivity index (χ1) is 11.0. The van der Waals surface area contributed by atoms with Crippen LogP contribution in [0.3, 0.4) is 0 Å². The standard InChI is InChI=1S/C16H21BrN2O4/c1-11(20)18-5-4-6-19(8-7-18)16(21)12-9-13(22-2)15(17)14(10-12)23-3/h9-10H,4-8H2,1-3H3. The maximum Gasteiger partial charge on any atom is 0.254 e. The molecule has 2 amide bonds. The van der Waals surface area contributed by atoms with Crippen molar-refractivity contribution in [3.63, 3.8) is 0 Å². The van der Waals surface area contributed by atoms with E-state index in [1.807, 2.05) is 0 Å². The molecule has 1 aliphatic heterocycles. The number of carbonyl (C=O) groups is 2. The lowest BCUT2D eigenvalue weighted by Crippen LogP contribution is -2.36. The fourth-order valence-corrected chi connectivity index (χ4v) is 3.16. The molecule has 1 fully saturated rings. The highest BCUT2D eigenvalue weighted by Gasteiger charge is 2.23. The van der Waals surface area contributed by atoms with E-state index in [0.29, 0.717) is 47.7 Å². The third kappa shape index (κ3) is 3.96. The maximum atomic E-state index is 12.8. The van der Waals surface area contributed by atoms with Crippen LogP contribution in [0.25, 0.3) is 0 Å². The van der Waals surface area contributed by atoms with Crippen LogP contribution in [0, 0.1) is 0 Å². The van der Waals surface area contributed by atoms with Crippen molar-refractivity contribution >= 4 is 27.7 Å². The quantitative estimate of drug-likeness (QED) is 0.800. The summed E-state index contributed by atoms with van der Waals surface area (Å²) in [6.07, 6.45) is 0.774. The highest BCUT2D eigenvalue weighted by Crippen LogP contribution is 2.36. The van der Waals surface area contributed by atoms with E-state index in [9.17, 15) is 9.59 Å². The molecule has 0 N–H and O–H groups in total. The number of hydrogen-bond donors (Lipinski definition) is 0. The number of halogens is 1. The Bertz CT molecular complexity index is 581. The molecule has 0 radical (unpaired) electrons. The highest BCUT2D eigenvalue weighted by molar-refractivity contribution is 9.10. The molecule has 0 saturated carbocycles. The van der Waals surface area contributed by atoms with Gasteiger partial charge in [-0.2, -0.15) is 0 Å². The largest absolute Gasteiger partial charge is 0.495 e. The number of ether oxygens (including phenoxy) is 2. The number of benzene rings is 1. The van der Waals surface area contributed by atoms with Crippen molar-refractivity contribution in [2.75, 3.05) is 40.4 Å². The minimum atomic E-state index is -0.0838. The zero-order chi connectivity index (χ0) is 17.0. The van der Waals surface area contributed by atoms with E-state index in [1.54, 1.807) is 43.1 Å². The van der Waals surface area contributed by atoms with Gasteiger partial charge >= 0.3 is 0 Å². The Morgan fingerprint density at radius 2 is 1.52 bits per heavy atom. The Labute approximate surface area is 144 Å². The maximum absolute atomic E-state index is 12.8. The lowest BCUT2D eigenvalue weighted by molar-refractivity contribution is -0.128. The molecule has 0 aliphatic carbocycles. The van der Waals surface area contributed by atoms with Gasteiger partial charge in [-0.05, 0) is 34.5 Å². The number of rotatable bonds is 3. The number of hydrogen-bond acceptors (Lipinski definition) is 4. The molecule has 1 aliphatic rings. The van der Waals surface area contributed by atoms with Crippen LogP contribution in [-0.2, 0) is 4.79 Å². The lowest BCUT2D eigenvalue weighted by atomic mass is 10.1. The Kier molecular flexibility index (Phi) is 5.87. The van der Waals surface area contributed by atoms with Crippen molar-refractivity contribution in [1.29, 1.82) is 0 Å². The first-order valence-corrected chi connectivity index (χ1v) is 8.23. The Morgan fingerprint density at radius 3 is 2.04 bits per heavy atom. The molecule has 0 bridgehead atoms. The third-order valence-corrected chi connectivity index (χ3v) is 4.70. The molecule has 6 nitrogen and oxygen atoms in total. The van der Waals surface area contributed by atoms with Gasteiger partial charge in [-0.1, -0.05) is 0 Å². The molecule has 0 aromatic heterocycles. The predicted molar refractivity (Wildman–Crippen MR) is 90.0 cm³/mol. The number of nitrogens with zero attached hydrogens (tertiary/aromatic N) is 2. The van der Waals surface area contributed by atoms with Gasteiger partial charge in [-0.25, -0.2) is 0 Å². The van der Waals surface area contributed by atoms with Crippen LogP contribution in [0.5, 0.6) is 11.5 Å². The second-order valence-corrected chi connectivity index (χ2v) is 6.14. The highest BCUT2D eigenvalue weighted by atomic mass is 79.9. The third-order valence-electron chi connectivity index (χ3n) is 3.92. The number of amides is 2. The predicted octanol–water partition coefficient (Wildman–Crippen LogP) is 2.16. The van der Waals surface area contributed by atoms with Crippen molar-refractivity contribution in [2.45, 2.75) is 13.3 Å². The summed E-state index contributed by atoms with van der Waals surface area (Å²) in [6.45, 7) is 3.96. The molecule has 126 valence electrons. The van der Waals surface area contributed by atoms with Gasteiger partial charge in [0.1, 0.15) is 16.0 Å². The summed E-state index contributed by atoms with van der Waals surface area (Å²) in [5.74, 6) is 1.06. The van der Waals surface area contributed by atoms with Gasteiger partial charge in [-0.3, -0.25) is 9.59 Å². The molecule has 0 spiro atoms. The molecular weight excluding hydrogens is 364 g/mol. The van der Waals surface area contributed by atoms with Gasteiger partial charge in [0.05, 0.1) is 14.2 Å². The molecule has 0 unspecified atom stereocenters. The molecule has 7 heteroatoms. The van der Waals surface area contributed by atoms with Crippen LogP contribution in [-0.4, -0.2) is 62.0 Å². The zero-order valence-corrected chi connectivity index (χ0v) is 15.2. The molecule has 1 saturated heterocycles. The van der Waals surface area contributed by atoms with Crippen molar-refractivity contribution in [1.82, 2.24) is 9.80 Å². The Hall–Kier alpha value is -1.76. The number of methoxy groups -OCH3 is 2. The van der Waals surface area contributed by atoms with E-state index in [0.717, 1.165) is 6.42 Å². The summed E-state index contributed by atoms with van der Waals surface area (Å²) in [7, 11) is 3.09. The number of carbonyl (C=O) groups excluding carboxylic acids is 2. The molecule has 2 rings (SSSR count). The van der Waals surface area contributed by atoms with E-state index in [2.05, 4.69) is 15.9 Å². The van der Waals surface area contributed by atoms with Gasteiger partial charge in [0.2, 0.25) is 5.91 Å². The summed E-state index contributed by atoms with van der Waals surface area (Å²) in [5.41, 5.74) is 0.512. The first kappa shape index (κ1) is 17.6. The van der Waals surface area contributed by atoms with Gasteiger partial charge in [0.15, 0.2) is 0 Å². The summed E-state index contributed by atoms with van der Waals surface area (Å²) >= 11 is 3.40. The topological polar surface area (TPSA) is 59.1 Å². The van der Waals surface area contributed by atoms with Crippen LogP contribution < -0.4 is 9.47 Å². The van der Waals surface area contributed by atoms with E-state index >= 15 is 0 Å². The van der Waals surface area contributed by atoms with E-state index < -0.39 is 0 Å². The van der Waals surface area contributed by atoms with Gasteiger partial charge in [-0.15, -0.1) is 0 Å². The Morgan fingerprint density at radius 1 is 1.00 bits per heavy atom. The minimum Gasteiger partial charge on any atom is -0.495 e. The van der Waals surface area contributed by atoms with Gasteiger partial charge in [0, 0.05) is 38.7 Å². The van der Waals surface area contributed by atoms with E-state index in [-0.39, 0.29) is 11.8 Å². The monoisotopic (exact) mass is 384 g/mol. The minimum absolute atomic E-state index is 0.0475. The summed E-state index contributed by atoms with van der Waals surface area (Å²) < 4.78 is 11.3. The van der Waals surface area contributed by atoms with E-state index in [4.69, 9.17) is 9.47 Å². The van der Waals surface area contributed by atoms with Crippen molar-refractivity contribution in [2.24, 2.45) is 0 Å². The van der Waals surface area contributed by atoms with Crippen LogP contribution in [0.2, 0.25) is 0 Å². The van der Waals surface area contributed by atoms with Crippen molar-refractivity contribution in [3.05, 3.63) is 22.2 Å².